The first-order valence-electron chi connectivity index (χ1n) is 6.19. The quantitative estimate of drug-likeness (QED) is 0.636. The molecular formula is C16H15N3O. The molecule has 4 heteroatoms. The predicted octanol–water partition coefficient (Wildman–Crippen LogP) is 4.62. The van der Waals surface area contributed by atoms with E-state index in [1.54, 1.807) is 19.1 Å². The fourth-order valence-electron chi connectivity index (χ4n) is 1.50. The number of benzene rings is 2. The van der Waals surface area contributed by atoms with Crippen LogP contribution in [0.25, 0.3) is 0 Å². The van der Waals surface area contributed by atoms with Crippen LogP contribution in [0, 0.1) is 0 Å². The van der Waals surface area contributed by atoms with Crippen LogP contribution < -0.4 is 5.32 Å². The van der Waals surface area contributed by atoms with Crippen LogP contribution in [0.5, 0.6) is 0 Å². The Labute approximate surface area is 117 Å². The van der Waals surface area contributed by atoms with E-state index in [-0.39, 0.29) is 5.91 Å². The summed E-state index contributed by atoms with van der Waals surface area (Å²) in [5, 5.41) is 11.1. The number of anilines is 1. The van der Waals surface area contributed by atoms with E-state index in [4.69, 9.17) is 0 Å². The molecule has 0 aliphatic carbocycles. The number of nitrogens with one attached hydrogen (secondary N) is 1. The largest absolute Gasteiger partial charge is 0.320 e. The highest BCUT2D eigenvalue weighted by Gasteiger charge is 2.06. The van der Waals surface area contributed by atoms with Crippen LogP contribution in [0.3, 0.4) is 0 Å². The minimum atomic E-state index is -0.229. The average Bonchev–Trinajstić information content (AvgIpc) is 2.47. The molecular weight excluding hydrogens is 250 g/mol. The Bertz CT molecular complexity index is 648. The van der Waals surface area contributed by atoms with Gasteiger partial charge >= 0.3 is 0 Å². The highest BCUT2D eigenvalue weighted by atomic mass is 16.1. The number of azo groups is 1. The smallest absolute Gasteiger partial charge is 0.250 e. The van der Waals surface area contributed by atoms with Crippen LogP contribution >= 0.6 is 0 Å². The van der Waals surface area contributed by atoms with Gasteiger partial charge in [0.05, 0.1) is 11.4 Å². The SMILES string of the molecule is C=C(C)C(=O)Nc1ccccc1N=Nc1ccccc1. The third kappa shape index (κ3) is 3.62. The third-order valence-corrected chi connectivity index (χ3v) is 2.57. The van der Waals surface area contributed by atoms with Gasteiger partial charge in [0.1, 0.15) is 5.69 Å². The van der Waals surface area contributed by atoms with Crippen molar-refractivity contribution in [2.45, 2.75) is 6.92 Å². The van der Waals surface area contributed by atoms with Crippen molar-refractivity contribution in [2.75, 3.05) is 5.32 Å². The number of para-hydroxylation sites is 1. The number of rotatable bonds is 4. The van der Waals surface area contributed by atoms with E-state index in [0.717, 1.165) is 5.69 Å². The van der Waals surface area contributed by atoms with Gasteiger partial charge in [0.25, 0.3) is 5.91 Å². The molecule has 0 unspecified atom stereocenters. The van der Waals surface area contributed by atoms with Crippen molar-refractivity contribution in [1.82, 2.24) is 0 Å². The van der Waals surface area contributed by atoms with Crippen LogP contribution in [0.1, 0.15) is 6.92 Å². The van der Waals surface area contributed by atoms with Gasteiger partial charge in [0.15, 0.2) is 0 Å². The molecule has 0 saturated heterocycles. The molecule has 0 bridgehead atoms. The number of nitrogens with zero attached hydrogens (tertiary/aromatic N) is 2. The Hall–Kier alpha value is -2.75. The lowest BCUT2D eigenvalue weighted by atomic mass is 10.2. The molecule has 0 aliphatic rings. The first-order valence-corrected chi connectivity index (χ1v) is 6.19. The first kappa shape index (κ1) is 13.7. The lowest BCUT2D eigenvalue weighted by molar-refractivity contribution is -0.112. The van der Waals surface area contributed by atoms with Crippen molar-refractivity contribution >= 4 is 23.0 Å². The summed E-state index contributed by atoms with van der Waals surface area (Å²) in [6, 6.07) is 16.7. The molecule has 0 atom stereocenters. The lowest BCUT2D eigenvalue weighted by Crippen LogP contribution is -2.11. The van der Waals surface area contributed by atoms with E-state index in [9.17, 15) is 4.79 Å². The van der Waals surface area contributed by atoms with Crippen molar-refractivity contribution < 1.29 is 4.79 Å². The summed E-state index contributed by atoms with van der Waals surface area (Å²) in [5.41, 5.74) is 2.42. The van der Waals surface area contributed by atoms with Crippen LogP contribution in [0.4, 0.5) is 17.1 Å². The minimum Gasteiger partial charge on any atom is -0.320 e. The average molecular weight is 265 g/mol. The number of hydrogen-bond donors (Lipinski definition) is 1. The van der Waals surface area contributed by atoms with Gasteiger partial charge in [-0.25, -0.2) is 0 Å². The molecule has 0 aliphatic heterocycles. The van der Waals surface area contributed by atoms with Gasteiger partial charge < -0.3 is 5.32 Å². The molecule has 4 nitrogen and oxygen atoms in total. The van der Waals surface area contributed by atoms with Gasteiger partial charge in [-0.1, -0.05) is 36.9 Å². The Kier molecular flexibility index (Phi) is 4.39. The number of carbonyl (C=O) groups is 1. The van der Waals surface area contributed by atoms with E-state index in [1.807, 2.05) is 42.5 Å². The van der Waals surface area contributed by atoms with Crippen molar-refractivity contribution in [1.29, 1.82) is 0 Å². The summed E-state index contributed by atoms with van der Waals surface area (Å²) in [6.45, 7) is 5.26. The fraction of sp³-hybridized carbons (Fsp3) is 0.0625. The Morgan fingerprint density at radius 1 is 1.00 bits per heavy atom. The Morgan fingerprint density at radius 2 is 1.65 bits per heavy atom. The highest BCUT2D eigenvalue weighted by Crippen LogP contribution is 2.26. The summed E-state index contributed by atoms with van der Waals surface area (Å²) in [6.07, 6.45) is 0. The summed E-state index contributed by atoms with van der Waals surface area (Å²) in [4.78, 5) is 11.7. The molecule has 0 spiro atoms. The normalized spacial score (nSPS) is 10.4. The molecule has 0 saturated carbocycles. The summed E-state index contributed by atoms with van der Waals surface area (Å²) >= 11 is 0. The Balaban J connectivity index is 2.22. The molecule has 0 aromatic heterocycles. The first-order chi connectivity index (χ1) is 9.66. The summed E-state index contributed by atoms with van der Waals surface area (Å²) in [5.74, 6) is -0.229. The summed E-state index contributed by atoms with van der Waals surface area (Å²) in [7, 11) is 0. The Morgan fingerprint density at radius 3 is 2.35 bits per heavy atom. The standard InChI is InChI=1S/C16H15N3O/c1-12(2)16(20)17-14-10-6-7-11-15(14)19-18-13-8-4-3-5-9-13/h3-11H,1H2,2H3,(H,17,20). The van der Waals surface area contributed by atoms with Gasteiger partial charge in [-0.15, -0.1) is 5.11 Å². The number of hydrogen-bond acceptors (Lipinski definition) is 3. The van der Waals surface area contributed by atoms with E-state index in [2.05, 4.69) is 22.1 Å². The number of amides is 1. The van der Waals surface area contributed by atoms with Gasteiger partial charge in [-0.3, -0.25) is 4.79 Å². The van der Waals surface area contributed by atoms with Gasteiger partial charge in [-0.05, 0) is 31.2 Å². The van der Waals surface area contributed by atoms with Crippen molar-refractivity contribution in [3.8, 4) is 0 Å². The van der Waals surface area contributed by atoms with E-state index < -0.39 is 0 Å². The summed E-state index contributed by atoms with van der Waals surface area (Å²) < 4.78 is 0. The maximum Gasteiger partial charge on any atom is 0.250 e. The van der Waals surface area contributed by atoms with Crippen molar-refractivity contribution in [2.24, 2.45) is 10.2 Å². The molecule has 0 heterocycles. The van der Waals surface area contributed by atoms with Crippen LogP contribution in [0.15, 0.2) is 77.0 Å². The fourth-order valence-corrected chi connectivity index (χ4v) is 1.50. The molecule has 0 fully saturated rings. The molecule has 2 aromatic rings. The maximum absolute atomic E-state index is 11.7. The molecule has 100 valence electrons. The zero-order chi connectivity index (χ0) is 14.4. The lowest BCUT2D eigenvalue weighted by Gasteiger charge is -2.06. The van der Waals surface area contributed by atoms with Crippen LogP contribution in [-0.2, 0) is 4.79 Å². The molecule has 20 heavy (non-hydrogen) atoms. The van der Waals surface area contributed by atoms with E-state index >= 15 is 0 Å². The second-order valence-corrected chi connectivity index (χ2v) is 4.29. The monoisotopic (exact) mass is 265 g/mol. The maximum atomic E-state index is 11.7. The second-order valence-electron chi connectivity index (χ2n) is 4.29. The van der Waals surface area contributed by atoms with Gasteiger partial charge in [0.2, 0.25) is 0 Å². The van der Waals surface area contributed by atoms with Crippen LogP contribution in [-0.4, -0.2) is 5.91 Å². The minimum absolute atomic E-state index is 0.229. The second kappa shape index (κ2) is 6.43. The molecule has 0 radical (unpaired) electrons. The zero-order valence-corrected chi connectivity index (χ0v) is 11.2. The molecule has 1 N–H and O–H groups in total. The number of carbonyl (C=O) groups excluding carboxylic acids is 1. The topological polar surface area (TPSA) is 53.8 Å². The molecule has 2 aromatic carbocycles. The van der Waals surface area contributed by atoms with Crippen LogP contribution in [0.2, 0.25) is 0 Å². The van der Waals surface area contributed by atoms with Gasteiger partial charge in [-0.2, -0.15) is 5.11 Å². The van der Waals surface area contributed by atoms with Gasteiger partial charge in [0, 0.05) is 5.57 Å². The molecule has 1 amide bonds. The third-order valence-electron chi connectivity index (χ3n) is 2.57. The van der Waals surface area contributed by atoms with E-state index in [1.165, 1.54) is 0 Å². The zero-order valence-electron chi connectivity index (χ0n) is 11.2. The highest BCUT2D eigenvalue weighted by molar-refractivity contribution is 6.04. The van der Waals surface area contributed by atoms with Crippen molar-refractivity contribution in [3.63, 3.8) is 0 Å². The molecule has 2 rings (SSSR count). The predicted molar refractivity (Wildman–Crippen MR) is 80.5 cm³/mol. The van der Waals surface area contributed by atoms with Crippen molar-refractivity contribution in [3.05, 3.63) is 66.7 Å². The van der Waals surface area contributed by atoms with E-state index in [0.29, 0.717) is 16.9 Å².